The summed E-state index contributed by atoms with van der Waals surface area (Å²) in [5.41, 5.74) is 6.66. The number of thiophene rings is 1. The van der Waals surface area contributed by atoms with E-state index in [4.69, 9.17) is 22.4 Å². The third-order valence-electron chi connectivity index (χ3n) is 6.22. The zero-order chi connectivity index (χ0) is 31.7. The zero-order valence-corrected chi connectivity index (χ0v) is 23.3. The molecule has 0 saturated carbocycles. The molecular formula is C27H28N6O9S. The van der Waals surface area contributed by atoms with Crippen molar-refractivity contribution in [2.24, 2.45) is 0 Å². The normalized spacial score (nSPS) is 12.1. The van der Waals surface area contributed by atoms with Crippen molar-refractivity contribution < 1.29 is 39.3 Å². The van der Waals surface area contributed by atoms with Gasteiger partial charge in [-0.2, -0.15) is 0 Å². The lowest BCUT2D eigenvalue weighted by molar-refractivity contribution is -0.143. The highest BCUT2D eigenvalue weighted by Crippen LogP contribution is 2.25. The minimum atomic E-state index is -1.47. The second kappa shape index (κ2) is 14.5. The van der Waals surface area contributed by atoms with Crippen LogP contribution in [0.25, 0.3) is 10.2 Å². The van der Waals surface area contributed by atoms with Gasteiger partial charge in [0.15, 0.2) is 0 Å². The predicted octanol–water partition coefficient (Wildman–Crippen LogP) is 0.604. The van der Waals surface area contributed by atoms with Crippen molar-refractivity contribution in [3.63, 3.8) is 0 Å². The minimum Gasteiger partial charge on any atom is -0.481 e. The van der Waals surface area contributed by atoms with Gasteiger partial charge in [0.2, 0.25) is 11.9 Å². The van der Waals surface area contributed by atoms with Gasteiger partial charge in [0.1, 0.15) is 16.9 Å². The molecule has 0 spiro atoms. The molecule has 0 aliphatic carbocycles. The molecule has 3 aromatic rings. The molecule has 0 fully saturated rings. The second-order valence-corrected chi connectivity index (χ2v) is 10.2. The Balaban J connectivity index is 1.65. The van der Waals surface area contributed by atoms with Crippen LogP contribution in [0.4, 0.5) is 11.6 Å². The van der Waals surface area contributed by atoms with Gasteiger partial charge in [-0.25, -0.2) is 14.6 Å². The number of aliphatic carboxylic acids is 3. The number of H-pyrrole nitrogens is 1. The largest absolute Gasteiger partial charge is 0.481 e. The fourth-order valence-corrected chi connectivity index (χ4v) is 5.02. The summed E-state index contributed by atoms with van der Waals surface area (Å²) in [6.45, 7) is 0.429. The molecule has 0 unspecified atom stereocenters. The molecule has 8 N–H and O–H groups in total. The molecule has 43 heavy (non-hydrogen) atoms. The molecule has 0 bridgehead atoms. The number of benzene rings is 1. The number of nitrogens with two attached hydrogens (primary N) is 1. The number of aromatic amines is 1. The summed E-state index contributed by atoms with van der Waals surface area (Å²) in [6, 6.07) is 3.21. The van der Waals surface area contributed by atoms with E-state index in [0.29, 0.717) is 21.5 Å². The van der Waals surface area contributed by atoms with E-state index < -0.39 is 54.6 Å². The number of hydrogen-bond donors (Lipinski definition) is 7. The number of aromatic nitrogens is 2. The average molecular weight is 613 g/mol. The van der Waals surface area contributed by atoms with E-state index in [1.807, 2.05) is 0 Å². The Morgan fingerprint density at radius 3 is 2.26 bits per heavy atom. The van der Waals surface area contributed by atoms with Crippen LogP contribution in [0.3, 0.4) is 0 Å². The van der Waals surface area contributed by atoms with Crippen LogP contribution >= 0.6 is 11.3 Å². The van der Waals surface area contributed by atoms with Gasteiger partial charge in [0, 0.05) is 30.6 Å². The Labute approximate surface area is 247 Å². The number of rotatable bonds is 15. The first-order valence-electron chi connectivity index (χ1n) is 12.7. The van der Waals surface area contributed by atoms with E-state index in [2.05, 4.69) is 26.5 Å². The Bertz CT molecular complexity index is 1630. The predicted molar refractivity (Wildman–Crippen MR) is 156 cm³/mol. The fraction of sp³-hybridized carbons (Fsp3) is 0.296. The molecule has 15 nitrogen and oxygen atoms in total. The van der Waals surface area contributed by atoms with Crippen molar-refractivity contribution in [3.05, 3.63) is 51.1 Å². The van der Waals surface area contributed by atoms with Gasteiger partial charge in [0.05, 0.1) is 11.9 Å². The molecule has 0 saturated heterocycles. The summed E-state index contributed by atoms with van der Waals surface area (Å²) >= 11 is 1.26. The highest BCUT2D eigenvalue weighted by molar-refractivity contribution is 7.16. The lowest BCUT2D eigenvalue weighted by Crippen LogP contribution is -2.44. The lowest BCUT2D eigenvalue weighted by atomic mass is 10.1. The number of anilines is 2. The number of carbonyl (C=O) groups excluding carboxylic acids is 2. The smallest absolute Gasteiger partial charge is 0.326 e. The van der Waals surface area contributed by atoms with Crippen LogP contribution in [0.5, 0.6) is 0 Å². The van der Waals surface area contributed by atoms with Crippen molar-refractivity contribution in [2.45, 2.75) is 44.3 Å². The Morgan fingerprint density at radius 2 is 1.65 bits per heavy atom. The summed E-state index contributed by atoms with van der Waals surface area (Å²) in [6.07, 6.45) is 3.94. The number of terminal acetylenes is 1. The summed E-state index contributed by atoms with van der Waals surface area (Å²) in [4.78, 5) is 80.0. The standard InChI is InChI=1S/C27H28N6O9S/c1-2-11-33(12-15-13-43-24-21(15)23(38)31-27(28)32-24)16-5-3-14(4-6-16)22(37)30-18(26(41)42)7-9-19(34)29-17(25(39)40)8-10-20(35)36/h1,3-6,13,17-18H,7-12H2,(H,29,34)(H,30,37)(H,35,36)(H,39,40)(H,41,42)(H3,28,31,32,38)/t17-,18-/m0/s1. The maximum Gasteiger partial charge on any atom is 0.326 e. The van der Waals surface area contributed by atoms with E-state index in [1.165, 1.54) is 23.5 Å². The molecule has 2 aromatic heterocycles. The van der Waals surface area contributed by atoms with Crippen LogP contribution in [-0.4, -0.2) is 73.6 Å². The minimum absolute atomic E-state index is 0.00783. The van der Waals surface area contributed by atoms with Gasteiger partial charge in [-0.15, -0.1) is 17.8 Å². The monoisotopic (exact) mass is 612 g/mol. The highest BCUT2D eigenvalue weighted by Gasteiger charge is 2.25. The number of hydrogen-bond acceptors (Lipinski definition) is 10. The zero-order valence-electron chi connectivity index (χ0n) is 22.5. The van der Waals surface area contributed by atoms with E-state index in [-0.39, 0.29) is 43.0 Å². The summed E-state index contributed by atoms with van der Waals surface area (Å²) < 4.78 is 0. The molecule has 2 heterocycles. The first-order chi connectivity index (χ1) is 20.4. The first-order valence-corrected chi connectivity index (χ1v) is 13.6. The molecule has 3 rings (SSSR count). The van der Waals surface area contributed by atoms with Crippen LogP contribution in [0.15, 0.2) is 34.4 Å². The van der Waals surface area contributed by atoms with Crippen molar-refractivity contribution in [2.75, 3.05) is 17.2 Å². The van der Waals surface area contributed by atoms with Gasteiger partial charge in [-0.05, 0) is 48.1 Å². The van der Waals surface area contributed by atoms with Gasteiger partial charge in [0.25, 0.3) is 11.5 Å². The molecule has 0 aliphatic rings. The Hall–Kier alpha value is -5.43. The molecule has 16 heteroatoms. The molecule has 226 valence electrons. The van der Waals surface area contributed by atoms with Gasteiger partial charge < -0.3 is 36.6 Å². The third-order valence-corrected chi connectivity index (χ3v) is 7.14. The maximum atomic E-state index is 12.8. The van der Waals surface area contributed by atoms with Crippen LogP contribution in [0.2, 0.25) is 0 Å². The topological polar surface area (TPSA) is 245 Å². The quantitative estimate of drug-likeness (QED) is 0.117. The molecule has 0 aliphatic heterocycles. The Kier molecular flexibility index (Phi) is 10.8. The summed E-state index contributed by atoms with van der Waals surface area (Å²) in [5, 5.41) is 34.1. The molecule has 2 atom stereocenters. The van der Waals surface area contributed by atoms with Crippen molar-refractivity contribution in [3.8, 4) is 12.3 Å². The van der Waals surface area contributed by atoms with Crippen LogP contribution in [0.1, 0.15) is 41.6 Å². The van der Waals surface area contributed by atoms with E-state index in [1.54, 1.807) is 22.4 Å². The fourth-order valence-electron chi connectivity index (χ4n) is 4.08. The number of carboxylic acid groups (broad SMARTS) is 3. The van der Waals surface area contributed by atoms with E-state index in [9.17, 15) is 33.9 Å². The molecular weight excluding hydrogens is 584 g/mol. The lowest BCUT2D eigenvalue weighted by Gasteiger charge is -2.22. The maximum absolute atomic E-state index is 12.8. The van der Waals surface area contributed by atoms with Crippen molar-refractivity contribution >= 4 is 62.9 Å². The third kappa shape index (κ3) is 8.78. The first kappa shape index (κ1) is 32.1. The number of carboxylic acids is 3. The Morgan fingerprint density at radius 1 is 1.02 bits per heavy atom. The SMILES string of the molecule is C#CCN(Cc1csc2nc(N)[nH]c(=O)c12)c1ccc(C(=O)N[C@@H](CCC(=O)N[C@@H](CCC(=O)O)C(=O)O)C(=O)O)cc1. The van der Waals surface area contributed by atoms with Gasteiger partial charge in [-0.1, -0.05) is 5.92 Å². The van der Waals surface area contributed by atoms with Gasteiger partial charge in [-0.3, -0.25) is 24.2 Å². The summed E-state index contributed by atoms with van der Waals surface area (Å²) in [7, 11) is 0. The number of nitrogens with one attached hydrogen (secondary N) is 3. The second-order valence-electron chi connectivity index (χ2n) is 9.29. The van der Waals surface area contributed by atoms with Gasteiger partial charge >= 0.3 is 17.9 Å². The van der Waals surface area contributed by atoms with Crippen molar-refractivity contribution in [1.82, 2.24) is 20.6 Å². The number of nitrogens with zero attached hydrogens (tertiary/aromatic N) is 2. The van der Waals surface area contributed by atoms with Crippen LogP contribution in [-0.2, 0) is 25.7 Å². The molecule has 1 aromatic carbocycles. The number of amides is 2. The van der Waals surface area contributed by atoms with Crippen LogP contribution in [0, 0.1) is 12.3 Å². The molecule has 0 radical (unpaired) electrons. The highest BCUT2D eigenvalue weighted by atomic mass is 32.1. The average Bonchev–Trinajstić information content (AvgIpc) is 3.35. The number of nitrogen functional groups attached to an aromatic ring is 1. The molecule has 2 amide bonds. The summed E-state index contributed by atoms with van der Waals surface area (Å²) in [5.74, 6) is -3.05. The number of carbonyl (C=O) groups is 5. The van der Waals surface area contributed by atoms with Crippen molar-refractivity contribution in [1.29, 1.82) is 0 Å². The van der Waals surface area contributed by atoms with E-state index in [0.717, 1.165) is 0 Å². The van der Waals surface area contributed by atoms with Crippen LogP contribution < -0.4 is 26.8 Å². The number of fused-ring (bicyclic) bond motifs is 1. The van der Waals surface area contributed by atoms with E-state index >= 15 is 0 Å².